The molecule has 1 aliphatic heterocycles. The van der Waals surface area contributed by atoms with Gasteiger partial charge in [-0.1, -0.05) is 6.92 Å². The highest BCUT2D eigenvalue weighted by atomic mass is 16.4. The molecule has 1 heterocycles. The van der Waals surface area contributed by atoms with E-state index in [0.29, 0.717) is 18.8 Å². The van der Waals surface area contributed by atoms with Crippen LogP contribution in [0.5, 0.6) is 0 Å². The summed E-state index contributed by atoms with van der Waals surface area (Å²) in [6.07, 6.45) is 3.85. The number of rotatable bonds is 3. The summed E-state index contributed by atoms with van der Waals surface area (Å²) in [6.45, 7) is 2.96. The van der Waals surface area contributed by atoms with Gasteiger partial charge in [-0.2, -0.15) is 0 Å². The molecule has 5 heteroatoms. The number of carboxylic acids is 1. The van der Waals surface area contributed by atoms with Crippen LogP contribution in [0.4, 0.5) is 0 Å². The molecule has 2 fully saturated rings. The van der Waals surface area contributed by atoms with Gasteiger partial charge in [0.05, 0.1) is 6.04 Å². The van der Waals surface area contributed by atoms with Gasteiger partial charge >= 0.3 is 5.97 Å². The molecule has 3 N–H and O–H groups in total. The first-order chi connectivity index (χ1) is 8.03. The lowest BCUT2D eigenvalue weighted by Crippen LogP contribution is -2.63. The van der Waals surface area contributed by atoms with E-state index in [1.807, 2.05) is 0 Å². The van der Waals surface area contributed by atoms with Crippen LogP contribution in [0, 0.1) is 5.92 Å². The van der Waals surface area contributed by atoms with E-state index in [-0.39, 0.29) is 11.9 Å². The number of carbonyl (C=O) groups is 2. The molecule has 1 amide bonds. The minimum atomic E-state index is -0.987. The van der Waals surface area contributed by atoms with Crippen molar-refractivity contribution < 1.29 is 14.7 Å². The number of piperidine rings is 1. The number of carboxylic acid groups (broad SMARTS) is 1. The second-order valence-corrected chi connectivity index (χ2v) is 5.37. The van der Waals surface area contributed by atoms with Crippen molar-refractivity contribution in [2.45, 2.75) is 50.6 Å². The van der Waals surface area contributed by atoms with Crippen LogP contribution in [0.2, 0.25) is 0 Å². The van der Waals surface area contributed by atoms with E-state index in [4.69, 9.17) is 5.11 Å². The summed E-state index contributed by atoms with van der Waals surface area (Å²) in [5, 5.41) is 15.0. The Bertz CT molecular complexity index is 326. The van der Waals surface area contributed by atoms with E-state index in [9.17, 15) is 9.59 Å². The average molecular weight is 240 g/mol. The predicted octanol–water partition coefficient (Wildman–Crippen LogP) is 0.498. The molecular weight excluding hydrogens is 220 g/mol. The summed E-state index contributed by atoms with van der Waals surface area (Å²) >= 11 is 0. The van der Waals surface area contributed by atoms with Gasteiger partial charge in [-0.15, -0.1) is 0 Å². The zero-order valence-corrected chi connectivity index (χ0v) is 10.2. The highest BCUT2D eigenvalue weighted by molar-refractivity contribution is 5.90. The number of hydrogen-bond donors (Lipinski definition) is 3. The van der Waals surface area contributed by atoms with Crippen molar-refractivity contribution >= 4 is 11.9 Å². The van der Waals surface area contributed by atoms with Gasteiger partial charge in [0.25, 0.3) is 0 Å². The molecule has 0 aromatic rings. The molecule has 0 bridgehead atoms. The zero-order valence-electron chi connectivity index (χ0n) is 10.2. The van der Waals surface area contributed by atoms with Gasteiger partial charge in [0, 0.05) is 0 Å². The summed E-state index contributed by atoms with van der Waals surface area (Å²) in [4.78, 5) is 23.2. The molecule has 0 radical (unpaired) electrons. The standard InChI is InChI=1S/C12H20N2O3/c1-8-3-6-13-9(7-8)10(15)14-12(11(16)17)4-2-5-12/h8-9,13H,2-7H2,1H3,(H,14,15)(H,16,17). The predicted molar refractivity (Wildman–Crippen MR) is 62.5 cm³/mol. The van der Waals surface area contributed by atoms with Gasteiger partial charge < -0.3 is 15.7 Å². The van der Waals surface area contributed by atoms with Gasteiger partial charge in [-0.05, 0) is 44.6 Å². The maximum atomic E-state index is 12.0. The molecule has 2 aliphatic rings. The minimum Gasteiger partial charge on any atom is -0.480 e. The Labute approximate surface area is 101 Å². The molecule has 5 nitrogen and oxygen atoms in total. The summed E-state index contributed by atoms with van der Waals surface area (Å²) in [5.41, 5.74) is -0.987. The van der Waals surface area contributed by atoms with Gasteiger partial charge in [-0.3, -0.25) is 4.79 Å². The van der Waals surface area contributed by atoms with Crippen LogP contribution < -0.4 is 10.6 Å². The molecule has 0 aromatic carbocycles. The van der Waals surface area contributed by atoms with Crippen molar-refractivity contribution in [1.29, 1.82) is 0 Å². The Morgan fingerprint density at radius 1 is 1.41 bits per heavy atom. The molecular formula is C12H20N2O3. The van der Waals surface area contributed by atoms with Crippen molar-refractivity contribution in [3.05, 3.63) is 0 Å². The molecule has 0 aromatic heterocycles. The molecule has 0 spiro atoms. The monoisotopic (exact) mass is 240 g/mol. The molecule has 17 heavy (non-hydrogen) atoms. The Morgan fingerprint density at radius 3 is 2.59 bits per heavy atom. The minimum absolute atomic E-state index is 0.154. The first kappa shape index (κ1) is 12.4. The van der Waals surface area contributed by atoms with E-state index in [2.05, 4.69) is 17.6 Å². The Morgan fingerprint density at radius 2 is 2.12 bits per heavy atom. The van der Waals surface area contributed by atoms with Gasteiger partial charge in [-0.25, -0.2) is 4.79 Å². The normalized spacial score (nSPS) is 31.4. The van der Waals surface area contributed by atoms with E-state index in [0.717, 1.165) is 25.8 Å². The van der Waals surface area contributed by atoms with Gasteiger partial charge in [0.2, 0.25) is 5.91 Å². The highest BCUT2D eigenvalue weighted by Gasteiger charge is 2.46. The molecule has 1 aliphatic carbocycles. The smallest absolute Gasteiger partial charge is 0.329 e. The van der Waals surface area contributed by atoms with Crippen LogP contribution in [0.3, 0.4) is 0 Å². The highest BCUT2D eigenvalue weighted by Crippen LogP contribution is 2.32. The fraction of sp³-hybridized carbons (Fsp3) is 0.833. The van der Waals surface area contributed by atoms with Gasteiger partial charge in [0.1, 0.15) is 5.54 Å². The Hall–Kier alpha value is -1.10. The summed E-state index contributed by atoms with van der Waals surface area (Å²) in [7, 11) is 0. The lowest BCUT2D eigenvalue weighted by Gasteiger charge is -2.40. The maximum Gasteiger partial charge on any atom is 0.329 e. The van der Waals surface area contributed by atoms with Crippen molar-refractivity contribution in [1.82, 2.24) is 10.6 Å². The van der Waals surface area contributed by atoms with Gasteiger partial charge in [0.15, 0.2) is 0 Å². The molecule has 2 rings (SSSR count). The van der Waals surface area contributed by atoms with E-state index >= 15 is 0 Å². The third-order valence-electron chi connectivity index (χ3n) is 3.96. The fourth-order valence-corrected chi connectivity index (χ4v) is 2.55. The van der Waals surface area contributed by atoms with Crippen molar-refractivity contribution in [2.75, 3.05) is 6.54 Å². The quantitative estimate of drug-likeness (QED) is 0.671. The number of aliphatic carboxylic acids is 1. The van der Waals surface area contributed by atoms with Crippen LogP contribution in [-0.2, 0) is 9.59 Å². The summed E-state index contributed by atoms with van der Waals surface area (Å²) in [6, 6.07) is -0.226. The van der Waals surface area contributed by atoms with E-state index < -0.39 is 11.5 Å². The largest absolute Gasteiger partial charge is 0.480 e. The summed E-state index contributed by atoms with van der Waals surface area (Å²) < 4.78 is 0. The number of nitrogens with one attached hydrogen (secondary N) is 2. The molecule has 1 saturated carbocycles. The lowest BCUT2D eigenvalue weighted by molar-refractivity contribution is -0.152. The van der Waals surface area contributed by atoms with E-state index in [1.54, 1.807) is 0 Å². The number of hydrogen-bond acceptors (Lipinski definition) is 3. The first-order valence-corrected chi connectivity index (χ1v) is 6.32. The van der Waals surface area contributed by atoms with Crippen LogP contribution in [-0.4, -0.2) is 35.1 Å². The second-order valence-electron chi connectivity index (χ2n) is 5.37. The third kappa shape index (κ3) is 2.44. The Kier molecular flexibility index (Phi) is 3.38. The Balaban J connectivity index is 1.94. The van der Waals surface area contributed by atoms with Crippen LogP contribution in [0.15, 0.2) is 0 Å². The molecule has 96 valence electrons. The van der Waals surface area contributed by atoms with Crippen molar-refractivity contribution in [2.24, 2.45) is 5.92 Å². The first-order valence-electron chi connectivity index (χ1n) is 6.32. The third-order valence-corrected chi connectivity index (χ3v) is 3.96. The average Bonchev–Trinajstić information content (AvgIpc) is 2.22. The molecule has 2 unspecified atom stereocenters. The van der Waals surface area contributed by atoms with E-state index in [1.165, 1.54) is 0 Å². The second kappa shape index (κ2) is 4.64. The SMILES string of the molecule is CC1CCNC(C(=O)NC2(C(=O)O)CCC2)C1. The maximum absolute atomic E-state index is 12.0. The van der Waals surface area contributed by atoms with Crippen LogP contribution in [0.25, 0.3) is 0 Å². The summed E-state index contributed by atoms with van der Waals surface area (Å²) in [5.74, 6) is -0.534. The molecule has 1 saturated heterocycles. The zero-order chi connectivity index (χ0) is 12.5. The van der Waals surface area contributed by atoms with Crippen molar-refractivity contribution in [3.63, 3.8) is 0 Å². The number of amides is 1. The fourth-order valence-electron chi connectivity index (χ4n) is 2.55. The number of carbonyl (C=O) groups excluding carboxylic acids is 1. The van der Waals surface area contributed by atoms with Crippen molar-refractivity contribution in [3.8, 4) is 0 Å². The van der Waals surface area contributed by atoms with Crippen LogP contribution in [0.1, 0.15) is 39.0 Å². The topological polar surface area (TPSA) is 78.4 Å². The lowest BCUT2D eigenvalue weighted by atomic mass is 9.76. The van der Waals surface area contributed by atoms with Crippen LogP contribution >= 0.6 is 0 Å². The molecule has 2 atom stereocenters.